The minimum absolute atomic E-state index is 0.219. The molecule has 5 rings (SSSR count). The minimum Gasteiger partial charge on any atom is -0.462 e. The number of carbonyl (C=O) groups is 2. The molecule has 0 aliphatic heterocycles. The highest BCUT2D eigenvalue weighted by Gasteiger charge is 2.24. The van der Waals surface area contributed by atoms with E-state index >= 15 is 0 Å². The number of thiophene rings is 1. The average molecular weight is 547 g/mol. The molecule has 0 spiro atoms. The summed E-state index contributed by atoms with van der Waals surface area (Å²) < 4.78 is 5.33. The van der Waals surface area contributed by atoms with Gasteiger partial charge in [-0.15, -0.1) is 11.3 Å². The molecule has 0 atom stereocenters. The summed E-state index contributed by atoms with van der Waals surface area (Å²) in [5, 5.41) is 6.81. The molecular formula is C29H20Cl2N2O3S. The summed E-state index contributed by atoms with van der Waals surface area (Å²) in [5.74, 6) is -0.872. The number of hydrogen-bond acceptors (Lipinski definition) is 5. The summed E-state index contributed by atoms with van der Waals surface area (Å²) in [6.45, 7) is 1.97. The number of fused-ring (bicyclic) bond motifs is 1. The van der Waals surface area contributed by atoms with Crippen molar-refractivity contribution in [1.82, 2.24) is 4.98 Å². The Morgan fingerprint density at radius 2 is 1.70 bits per heavy atom. The van der Waals surface area contributed by atoms with Crippen molar-refractivity contribution in [3.05, 3.63) is 105 Å². The van der Waals surface area contributed by atoms with Crippen LogP contribution in [-0.4, -0.2) is 23.5 Å². The fourth-order valence-electron chi connectivity index (χ4n) is 4.05. The van der Waals surface area contributed by atoms with Gasteiger partial charge in [0.15, 0.2) is 0 Å². The number of anilines is 1. The van der Waals surface area contributed by atoms with Crippen molar-refractivity contribution >= 4 is 62.3 Å². The third-order valence-corrected chi connectivity index (χ3v) is 7.19. The van der Waals surface area contributed by atoms with Gasteiger partial charge in [-0.25, -0.2) is 9.78 Å². The molecule has 0 saturated heterocycles. The summed E-state index contributed by atoms with van der Waals surface area (Å²) in [6, 6.07) is 23.7. The maximum absolute atomic E-state index is 13.7. The van der Waals surface area contributed by atoms with Gasteiger partial charge in [0.1, 0.15) is 10.6 Å². The Morgan fingerprint density at radius 1 is 0.946 bits per heavy atom. The lowest BCUT2D eigenvalue weighted by atomic mass is 10.0. The summed E-state index contributed by atoms with van der Waals surface area (Å²) in [7, 11) is 0. The molecule has 0 unspecified atom stereocenters. The van der Waals surface area contributed by atoms with Gasteiger partial charge in [-0.05, 0) is 42.8 Å². The number of nitrogens with one attached hydrogen (secondary N) is 1. The number of esters is 1. The topological polar surface area (TPSA) is 68.3 Å². The normalized spacial score (nSPS) is 10.9. The van der Waals surface area contributed by atoms with Crippen molar-refractivity contribution in [2.45, 2.75) is 6.92 Å². The number of amides is 1. The quantitative estimate of drug-likeness (QED) is 0.217. The maximum atomic E-state index is 13.7. The van der Waals surface area contributed by atoms with Crippen molar-refractivity contribution in [2.24, 2.45) is 0 Å². The summed E-state index contributed by atoms with van der Waals surface area (Å²) in [6.07, 6.45) is 0. The van der Waals surface area contributed by atoms with Gasteiger partial charge in [0, 0.05) is 26.9 Å². The Labute approximate surface area is 227 Å². The fourth-order valence-corrected chi connectivity index (χ4v) is 5.51. The van der Waals surface area contributed by atoms with Crippen LogP contribution in [0.1, 0.15) is 27.6 Å². The van der Waals surface area contributed by atoms with Crippen molar-refractivity contribution < 1.29 is 14.3 Å². The zero-order chi connectivity index (χ0) is 25.9. The molecule has 5 aromatic rings. The van der Waals surface area contributed by atoms with E-state index in [1.807, 2.05) is 60.0 Å². The van der Waals surface area contributed by atoms with Crippen LogP contribution in [-0.2, 0) is 4.74 Å². The fraction of sp³-hybridized carbons (Fsp3) is 0.0690. The van der Waals surface area contributed by atoms with Gasteiger partial charge in [0.25, 0.3) is 5.91 Å². The Balaban J connectivity index is 1.59. The lowest BCUT2D eigenvalue weighted by Gasteiger charge is -2.12. The van der Waals surface area contributed by atoms with Crippen LogP contribution in [0.15, 0.2) is 84.2 Å². The van der Waals surface area contributed by atoms with Gasteiger partial charge in [-0.2, -0.15) is 0 Å². The number of carbonyl (C=O) groups excluding carboxylic acids is 2. The van der Waals surface area contributed by atoms with E-state index in [2.05, 4.69) is 5.32 Å². The molecule has 1 N–H and O–H groups in total. The lowest BCUT2D eigenvalue weighted by molar-refractivity contribution is 0.0529. The average Bonchev–Trinajstić information content (AvgIpc) is 3.32. The number of halogens is 2. The van der Waals surface area contributed by atoms with Gasteiger partial charge in [-0.3, -0.25) is 4.79 Å². The molecule has 0 aliphatic rings. The van der Waals surface area contributed by atoms with Gasteiger partial charge in [0.2, 0.25) is 0 Å². The second kappa shape index (κ2) is 10.7. The van der Waals surface area contributed by atoms with E-state index in [0.29, 0.717) is 53.9 Å². The summed E-state index contributed by atoms with van der Waals surface area (Å²) in [5.41, 5.74) is 4.11. The zero-order valence-corrected chi connectivity index (χ0v) is 22.0. The number of nitrogens with zero attached hydrogens (tertiary/aromatic N) is 1. The first kappa shape index (κ1) is 25.0. The predicted octanol–water partition coefficient (Wildman–Crippen LogP) is 8.37. The highest BCUT2D eigenvalue weighted by Crippen LogP contribution is 2.37. The van der Waals surface area contributed by atoms with Gasteiger partial charge >= 0.3 is 5.97 Å². The molecule has 2 heterocycles. The van der Waals surface area contributed by atoms with E-state index < -0.39 is 5.97 Å². The number of pyridine rings is 1. The first-order valence-corrected chi connectivity index (χ1v) is 13.1. The number of hydrogen-bond donors (Lipinski definition) is 1. The Hall–Kier alpha value is -3.71. The van der Waals surface area contributed by atoms with Crippen LogP contribution in [0.5, 0.6) is 0 Å². The molecule has 0 aliphatic carbocycles. The molecular weight excluding hydrogens is 527 g/mol. The van der Waals surface area contributed by atoms with Gasteiger partial charge in [0.05, 0.1) is 28.4 Å². The third kappa shape index (κ3) is 5.09. The molecule has 5 nitrogen and oxygen atoms in total. The van der Waals surface area contributed by atoms with Crippen LogP contribution < -0.4 is 5.32 Å². The van der Waals surface area contributed by atoms with Crippen molar-refractivity contribution in [1.29, 1.82) is 0 Å². The second-order valence-electron chi connectivity index (χ2n) is 8.09. The van der Waals surface area contributed by atoms with Gasteiger partial charge < -0.3 is 10.1 Å². The van der Waals surface area contributed by atoms with Crippen molar-refractivity contribution in [2.75, 3.05) is 11.9 Å². The van der Waals surface area contributed by atoms with Crippen LogP contribution in [0.25, 0.3) is 33.3 Å². The van der Waals surface area contributed by atoms with Crippen LogP contribution in [0.3, 0.4) is 0 Å². The molecule has 184 valence electrons. The van der Waals surface area contributed by atoms with E-state index in [1.54, 1.807) is 31.2 Å². The number of aromatic nitrogens is 1. The Bertz CT molecular complexity index is 1630. The lowest BCUT2D eigenvalue weighted by Crippen LogP contribution is -2.15. The predicted molar refractivity (Wildman–Crippen MR) is 151 cm³/mol. The summed E-state index contributed by atoms with van der Waals surface area (Å²) in [4.78, 5) is 31.4. The number of benzene rings is 3. The number of rotatable bonds is 6. The molecule has 0 radical (unpaired) electrons. The third-order valence-electron chi connectivity index (χ3n) is 5.75. The van der Waals surface area contributed by atoms with Crippen molar-refractivity contribution in [3.63, 3.8) is 0 Å². The highest BCUT2D eigenvalue weighted by molar-refractivity contribution is 7.15. The highest BCUT2D eigenvalue weighted by atomic mass is 35.5. The number of para-hydroxylation sites is 1. The SMILES string of the molecule is CCOC(=O)c1c(-c2ccccc2)csc1NC(=O)c1cc(-c2ccc(Cl)cc2Cl)nc2ccccc12. The molecule has 37 heavy (non-hydrogen) atoms. The van der Waals surface area contributed by atoms with E-state index in [9.17, 15) is 9.59 Å². The second-order valence-corrected chi connectivity index (χ2v) is 9.81. The van der Waals surface area contributed by atoms with E-state index in [4.69, 9.17) is 32.9 Å². The smallest absolute Gasteiger partial charge is 0.341 e. The van der Waals surface area contributed by atoms with E-state index in [1.165, 1.54) is 11.3 Å². The van der Waals surface area contributed by atoms with E-state index in [-0.39, 0.29) is 12.5 Å². The standard InChI is InChI=1S/C29H20Cl2N2O3S/c1-2-36-29(35)26-22(17-8-4-3-5-9-17)16-37-28(26)33-27(34)21-15-25(20-13-12-18(30)14-23(20)31)32-24-11-7-6-10-19(21)24/h3-16H,2H2,1H3,(H,33,34). The van der Waals surface area contributed by atoms with Crippen LogP contribution in [0.2, 0.25) is 10.0 Å². The molecule has 0 bridgehead atoms. The molecule has 8 heteroatoms. The zero-order valence-electron chi connectivity index (χ0n) is 19.6. The molecule has 3 aromatic carbocycles. The van der Waals surface area contributed by atoms with E-state index in [0.717, 1.165) is 5.56 Å². The number of ether oxygens (including phenoxy) is 1. The van der Waals surface area contributed by atoms with Gasteiger partial charge in [-0.1, -0.05) is 71.7 Å². The molecule has 1 amide bonds. The van der Waals surface area contributed by atoms with Crippen molar-refractivity contribution in [3.8, 4) is 22.4 Å². The van der Waals surface area contributed by atoms with Crippen LogP contribution in [0, 0.1) is 0 Å². The molecule has 0 fully saturated rings. The summed E-state index contributed by atoms with van der Waals surface area (Å²) >= 11 is 13.8. The maximum Gasteiger partial charge on any atom is 0.341 e. The Kier molecular flexibility index (Phi) is 7.24. The van der Waals surface area contributed by atoms with Crippen LogP contribution >= 0.6 is 34.5 Å². The minimum atomic E-state index is -0.494. The first-order chi connectivity index (χ1) is 18.0. The monoisotopic (exact) mass is 546 g/mol. The largest absolute Gasteiger partial charge is 0.462 e. The first-order valence-electron chi connectivity index (χ1n) is 11.5. The molecule has 0 saturated carbocycles. The Morgan fingerprint density at radius 3 is 2.46 bits per heavy atom. The van der Waals surface area contributed by atoms with Crippen LogP contribution in [0.4, 0.5) is 5.00 Å². The molecule has 2 aromatic heterocycles.